The van der Waals surface area contributed by atoms with Crippen LogP contribution in [0.15, 0.2) is 0 Å². The van der Waals surface area contributed by atoms with Gasteiger partial charge in [-0.1, -0.05) is 34.6 Å². The molecule has 0 saturated heterocycles. The first-order valence-electron chi connectivity index (χ1n) is 11.3. The summed E-state index contributed by atoms with van der Waals surface area (Å²) < 4.78 is 12.0. The number of hydrogen-bond acceptors (Lipinski definition) is 5. The van der Waals surface area contributed by atoms with Gasteiger partial charge >= 0.3 is 11.9 Å². The van der Waals surface area contributed by atoms with Crippen molar-refractivity contribution in [2.75, 3.05) is 0 Å². The van der Waals surface area contributed by atoms with Gasteiger partial charge < -0.3 is 9.47 Å². The molecule has 4 rings (SSSR count). The smallest absolute Gasteiger partial charge is 0.302 e. The van der Waals surface area contributed by atoms with E-state index in [4.69, 9.17) is 9.47 Å². The van der Waals surface area contributed by atoms with Gasteiger partial charge in [0.05, 0.1) is 0 Å². The summed E-state index contributed by atoms with van der Waals surface area (Å²) in [4.78, 5) is 37.8. The molecule has 0 aliphatic heterocycles. The first-order chi connectivity index (χ1) is 13.4. The van der Waals surface area contributed by atoms with E-state index in [2.05, 4.69) is 34.6 Å². The third-order valence-corrected chi connectivity index (χ3v) is 10.1. The summed E-state index contributed by atoms with van der Waals surface area (Å²) in [7, 11) is 0. The number of Topliss-reactive ketones (excluding diaryl/α,β-unsaturated/α-hetero) is 1. The lowest BCUT2D eigenvalue weighted by Crippen LogP contribution is -2.57. The molecule has 0 aromatic heterocycles. The lowest BCUT2D eigenvalue weighted by molar-refractivity contribution is -0.191. The number of carbonyl (C=O) groups excluding carboxylic acids is 3. The molecule has 4 saturated carbocycles. The lowest BCUT2D eigenvalue weighted by Gasteiger charge is -2.54. The molecule has 29 heavy (non-hydrogen) atoms. The molecule has 4 aliphatic rings. The average molecular weight is 405 g/mol. The van der Waals surface area contributed by atoms with Gasteiger partial charge in [-0.3, -0.25) is 14.4 Å². The van der Waals surface area contributed by atoms with Gasteiger partial charge in [0.2, 0.25) is 0 Å². The number of rotatable bonds is 3. The number of hydrogen-bond donors (Lipinski definition) is 0. The van der Waals surface area contributed by atoms with Crippen molar-refractivity contribution >= 4 is 17.7 Å². The van der Waals surface area contributed by atoms with Crippen molar-refractivity contribution in [1.29, 1.82) is 0 Å². The Morgan fingerprint density at radius 1 is 1.10 bits per heavy atom. The monoisotopic (exact) mass is 404 g/mol. The number of carbonyl (C=O) groups is 3. The summed E-state index contributed by atoms with van der Waals surface area (Å²) in [6, 6.07) is 0. The van der Waals surface area contributed by atoms with Crippen LogP contribution in [0, 0.1) is 39.4 Å². The van der Waals surface area contributed by atoms with Gasteiger partial charge in [0.15, 0.2) is 0 Å². The Balaban J connectivity index is 1.93. The summed E-state index contributed by atoms with van der Waals surface area (Å²) in [5, 5.41) is 0. The summed E-state index contributed by atoms with van der Waals surface area (Å²) in [6.07, 6.45) is 3.25. The second kappa shape index (κ2) is 6.07. The second-order valence-corrected chi connectivity index (χ2v) is 10.9. The molecular weight excluding hydrogens is 368 g/mol. The Hall–Kier alpha value is -1.39. The normalized spacial score (nSPS) is 52.8. The summed E-state index contributed by atoms with van der Waals surface area (Å²) in [5.41, 5.74) is -1.26. The maximum atomic E-state index is 13.5. The van der Waals surface area contributed by atoms with Crippen LogP contribution < -0.4 is 0 Å². The Morgan fingerprint density at radius 2 is 1.72 bits per heavy atom. The zero-order valence-corrected chi connectivity index (χ0v) is 19.0. The Bertz CT molecular complexity index is 775. The highest BCUT2D eigenvalue weighted by Crippen LogP contribution is 2.92. The molecule has 5 nitrogen and oxygen atoms in total. The number of esters is 2. The quantitative estimate of drug-likeness (QED) is 0.655. The fourth-order valence-corrected chi connectivity index (χ4v) is 8.77. The predicted molar refractivity (Wildman–Crippen MR) is 108 cm³/mol. The Kier molecular flexibility index (Phi) is 4.37. The van der Waals surface area contributed by atoms with E-state index in [-0.39, 0.29) is 46.3 Å². The fraction of sp³-hybridized carbons (Fsp3) is 0.875. The van der Waals surface area contributed by atoms with Crippen molar-refractivity contribution < 1.29 is 23.9 Å². The van der Waals surface area contributed by atoms with Crippen LogP contribution in [-0.2, 0) is 23.9 Å². The molecule has 0 N–H and O–H groups in total. The van der Waals surface area contributed by atoms with Crippen LogP contribution in [0.25, 0.3) is 0 Å². The first kappa shape index (κ1) is 20.9. The van der Waals surface area contributed by atoms with Crippen molar-refractivity contribution in [3.63, 3.8) is 0 Å². The van der Waals surface area contributed by atoms with E-state index in [1.165, 1.54) is 13.8 Å². The topological polar surface area (TPSA) is 69.7 Å². The van der Waals surface area contributed by atoms with Gasteiger partial charge in [-0.05, 0) is 42.9 Å². The highest BCUT2D eigenvalue weighted by atomic mass is 16.6. The SMILES string of the molecule is CC[C@]1(C)C[C@@H](OC(C)=O)[C@]2(C)[C@H](C)C[C@@H]3[C@]4(CCC(=O)[C@@]324)[C@@H](C)[C@@H]1OC(C)=O. The zero-order valence-electron chi connectivity index (χ0n) is 19.0. The van der Waals surface area contributed by atoms with Crippen molar-refractivity contribution in [2.24, 2.45) is 39.4 Å². The summed E-state index contributed by atoms with van der Waals surface area (Å²) >= 11 is 0. The van der Waals surface area contributed by atoms with Crippen molar-refractivity contribution in [3.8, 4) is 0 Å². The highest BCUT2D eigenvalue weighted by molar-refractivity contribution is 5.95. The molecule has 0 amide bonds. The van der Waals surface area contributed by atoms with E-state index in [9.17, 15) is 14.4 Å². The molecular formula is C24H36O5. The third kappa shape index (κ3) is 2.15. The van der Waals surface area contributed by atoms with E-state index < -0.39 is 5.41 Å². The van der Waals surface area contributed by atoms with Crippen molar-refractivity contribution in [3.05, 3.63) is 0 Å². The molecule has 0 bridgehead atoms. The fourth-order valence-electron chi connectivity index (χ4n) is 8.77. The average Bonchev–Trinajstić information content (AvgIpc) is 2.96. The van der Waals surface area contributed by atoms with Gasteiger partial charge in [0.1, 0.15) is 18.0 Å². The van der Waals surface area contributed by atoms with Gasteiger partial charge in [-0.15, -0.1) is 0 Å². The molecule has 5 heteroatoms. The van der Waals surface area contributed by atoms with Crippen LogP contribution >= 0.6 is 0 Å². The Labute approximate surface area is 174 Å². The molecule has 0 unspecified atom stereocenters. The molecule has 9 atom stereocenters. The van der Waals surface area contributed by atoms with Crippen LogP contribution in [0.4, 0.5) is 0 Å². The molecule has 4 aliphatic carbocycles. The zero-order chi connectivity index (χ0) is 21.6. The van der Waals surface area contributed by atoms with E-state index in [0.29, 0.717) is 30.5 Å². The maximum absolute atomic E-state index is 13.5. The minimum Gasteiger partial charge on any atom is -0.462 e. The molecule has 0 aromatic rings. The maximum Gasteiger partial charge on any atom is 0.302 e. The second-order valence-electron chi connectivity index (χ2n) is 10.9. The van der Waals surface area contributed by atoms with Gasteiger partial charge in [-0.25, -0.2) is 0 Å². The van der Waals surface area contributed by atoms with Gasteiger partial charge in [-0.2, -0.15) is 0 Å². The van der Waals surface area contributed by atoms with E-state index in [0.717, 1.165) is 19.3 Å². The minimum absolute atomic E-state index is 0.109. The van der Waals surface area contributed by atoms with E-state index in [1.54, 1.807) is 0 Å². The summed E-state index contributed by atoms with van der Waals surface area (Å²) in [5.74, 6) is 0.504. The van der Waals surface area contributed by atoms with Gasteiger partial charge in [0, 0.05) is 42.4 Å². The predicted octanol–water partition coefficient (Wildman–Crippen LogP) is 4.32. The van der Waals surface area contributed by atoms with Gasteiger partial charge in [0.25, 0.3) is 0 Å². The standard InChI is InChI=1S/C24H36O5/c1-8-21(6)12-19(28-15(4)25)22(7)13(2)11-17-23(10-9-18(27)24(17,22)23)14(3)20(21)29-16(5)26/h13-14,17,19-20H,8-12H2,1-7H3/t13-,14+,17-,19-,20+,21-,22+,23+,24+/m1/s1. The highest BCUT2D eigenvalue weighted by Gasteiger charge is 2.94. The molecule has 1 spiro atoms. The summed E-state index contributed by atoms with van der Waals surface area (Å²) in [6.45, 7) is 13.9. The molecule has 162 valence electrons. The van der Waals surface area contributed by atoms with Crippen LogP contribution in [-0.4, -0.2) is 29.9 Å². The Morgan fingerprint density at radius 3 is 2.28 bits per heavy atom. The molecule has 0 radical (unpaired) electrons. The lowest BCUT2D eigenvalue weighted by atomic mass is 9.53. The molecule has 0 aromatic carbocycles. The van der Waals surface area contributed by atoms with Crippen LogP contribution in [0.2, 0.25) is 0 Å². The van der Waals surface area contributed by atoms with Crippen LogP contribution in [0.3, 0.4) is 0 Å². The first-order valence-corrected chi connectivity index (χ1v) is 11.3. The molecule has 0 heterocycles. The number of ether oxygens (including phenoxy) is 2. The van der Waals surface area contributed by atoms with Crippen LogP contribution in [0.5, 0.6) is 0 Å². The largest absolute Gasteiger partial charge is 0.462 e. The van der Waals surface area contributed by atoms with Crippen LogP contribution in [0.1, 0.15) is 80.6 Å². The van der Waals surface area contributed by atoms with Crippen molar-refractivity contribution in [1.82, 2.24) is 0 Å². The van der Waals surface area contributed by atoms with E-state index >= 15 is 0 Å². The third-order valence-electron chi connectivity index (χ3n) is 10.1. The van der Waals surface area contributed by atoms with Crippen molar-refractivity contribution in [2.45, 2.75) is 92.8 Å². The minimum atomic E-state index is -0.438. The number of ketones is 1. The van der Waals surface area contributed by atoms with E-state index in [1.807, 2.05) is 0 Å². The molecule has 4 fully saturated rings.